The van der Waals surface area contributed by atoms with Crippen LogP contribution in [0.2, 0.25) is 0 Å². The topological polar surface area (TPSA) is 128 Å². The highest BCUT2D eigenvalue weighted by molar-refractivity contribution is 7.89. The largest absolute Gasteiger partial charge is 0.476 e. The molecule has 1 aliphatic carbocycles. The minimum Gasteiger partial charge on any atom is -0.476 e. The lowest BCUT2D eigenvalue weighted by Crippen LogP contribution is -2.14. The molecule has 6 rings (SSSR count). The summed E-state index contributed by atoms with van der Waals surface area (Å²) in [5.74, 6) is 4.84. The highest BCUT2D eigenvalue weighted by atomic mass is 32.2. The molecule has 1 atom stereocenters. The number of halogens is 1. The van der Waals surface area contributed by atoms with E-state index in [1.165, 1.54) is 33.7 Å². The molecule has 0 aliphatic heterocycles. The third-order valence-corrected chi connectivity index (χ3v) is 10.2. The van der Waals surface area contributed by atoms with Crippen molar-refractivity contribution in [1.29, 1.82) is 0 Å². The van der Waals surface area contributed by atoms with Gasteiger partial charge in [-0.3, -0.25) is 0 Å². The molecule has 1 saturated carbocycles. The lowest BCUT2D eigenvalue weighted by atomic mass is 9.91. The van der Waals surface area contributed by atoms with E-state index in [0.717, 1.165) is 40.1 Å². The van der Waals surface area contributed by atoms with Crippen LogP contribution >= 0.6 is 22.7 Å². The van der Waals surface area contributed by atoms with Gasteiger partial charge in [-0.05, 0) is 67.6 Å². The van der Waals surface area contributed by atoms with Crippen LogP contribution < -0.4 is 5.14 Å². The highest BCUT2D eigenvalue weighted by Crippen LogP contribution is 2.46. The molecule has 0 amide bonds. The van der Waals surface area contributed by atoms with Crippen molar-refractivity contribution in [2.45, 2.75) is 43.9 Å². The number of thiazole rings is 1. The van der Waals surface area contributed by atoms with Crippen molar-refractivity contribution in [3.8, 4) is 28.2 Å². The first-order valence-corrected chi connectivity index (χ1v) is 17.0. The van der Waals surface area contributed by atoms with Gasteiger partial charge in [-0.2, -0.15) is 5.10 Å². The number of aryl methyl sites for hydroxylation is 1. The Morgan fingerprint density at radius 3 is 2.61 bits per heavy atom. The Morgan fingerprint density at radius 2 is 1.98 bits per heavy atom. The molecule has 3 aromatic heterocycles. The van der Waals surface area contributed by atoms with Crippen molar-refractivity contribution in [2.75, 3.05) is 0 Å². The van der Waals surface area contributed by atoms with E-state index in [1.54, 1.807) is 22.1 Å². The molecule has 1 fully saturated rings. The molecule has 3 heterocycles. The number of nitrogens with two attached hydrogens (primary N) is 1. The summed E-state index contributed by atoms with van der Waals surface area (Å²) < 4.78 is 40.3. The number of thiophene rings is 1. The number of rotatable bonds is 8. The minimum atomic E-state index is -4.22. The number of nitrogens with zero attached hydrogens (tertiary/aromatic N) is 3. The van der Waals surface area contributed by atoms with Crippen LogP contribution in [0, 0.1) is 30.5 Å². The Hall–Kier alpha value is -4.15. The van der Waals surface area contributed by atoms with Gasteiger partial charge in [0.15, 0.2) is 5.69 Å². The Kier molecular flexibility index (Phi) is 7.98. The van der Waals surface area contributed by atoms with Gasteiger partial charge in [0.1, 0.15) is 10.7 Å². The number of sulfonamides is 1. The van der Waals surface area contributed by atoms with Crippen molar-refractivity contribution in [3.05, 3.63) is 104 Å². The van der Waals surface area contributed by atoms with E-state index in [0.29, 0.717) is 22.3 Å². The van der Waals surface area contributed by atoms with Crippen molar-refractivity contribution in [3.63, 3.8) is 0 Å². The maximum Gasteiger partial charge on any atom is 0.355 e. The molecule has 1 unspecified atom stereocenters. The third-order valence-electron chi connectivity index (χ3n) is 7.57. The molecule has 0 radical (unpaired) electrons. The molecular formula is C32H27FN4O4S3. The predicted molar refractivity (Wildman–Crippen MR) is 168 cm³/mol. The van der Waals surface area contributed by atoms with Gasteiger partial charge in [0, 0.05) is 39.3 Å². The molecular weight excluding hydrogens is 620 g/mol. The van der Waals surface area contributed by atoms with Crippen LogP contribution in [-0.2, 0) is 16.4 Å². The van der Waals surface area contributed by atoms with Crippen LogP contribution in [-0.4, -0.2) is 34.3 Å². The van der Waals surface area contributed by atoms with Gasteiger partial charge < -0.3 is 5.11 Å². The summed E-state index contributed by atoms with van der Waals surface area (Å²) in [6.07, 6.45) is 2.33. The molecule has 0 saturated heterocycles. The number of carboxylic acids is 1. The zero-order chi connectivity index (χ0) is 31.2. The Labute approximate surface area is 262 Å². The number of hydrogen-bond acceptors (Lipinski definition) is 7. The molecule has 0 bridgehead atoms. The number of hydrogen-bond donors (Lipinski definition) is 2. The van der Waals surface area contributed by atoms with Crippen LogP contribution in [0.15, 0.2) is 64.9 Å². The van der Waals surface area contributed by atoms with Crippen molar-refractivity contribution >= 4 is 38.7 Å². The highest BCUT2D eigenvalue weighted by Gasteiger charge is 2.35. The van der Waals surface area contributed by atoms with E-state index in [9.17, 15) is 22.7 Å². The fraction of sp³-hybridized carbons (Fsp3) is 0.219. The zero-order valence-electron chi connectivity index (χ0n) is 23.7. The SMILES string of the molecule is Cc1ccc(C#Cc2cccc(-c3nn(-c4nc(C(=O)O)cs4)c(C(C)C4CC4)c3Cc3ccc(S(N)(=O)=O)c(F)c3)c2)s1. The van der Waals surface area contributed by atoms with E-state index in [2.05, 4.69) is 23.7 Å². The first-order chi connectivity index (χ1) is 21.0. The summed E-state index contributed by atoms with van der Waals surface area (Å²) in [7, 11) is -4.22. The standard InChI is InChI=1S/C32H27FN4O4S3/c1-18-6-11-24(43-18)12-7-20-4-3-5-23(14-20)29-25(15-21-8-13-28(26(33)16-21)44(34,40)41)30(19(2)22-9-10-22)37(36-29)32-35-27(17-42-32)31(38)39/h3-6,8,11,13-14,16-17,19,22H,9-10,15H2,1-2H3,(H,38,39)(H2,34,40,41). The lowest BCUT2D eigenvalue weighted by Gasteiger charge is -2.15. The number of benzene rings is 2. The van der Waals surface area contributed by atoms with Gasteiger partial charge in [-0.25, -0.2) is 32.4 Å². The Bertz CT molecular complexity index is 2080. The van der Waals surface area contributed by atoms with Crippen LogP contribution in [0.3, 0.4) is 0 Å². The number of carboxylic acid groups (broad SMARTS) is 1. The van der Waals surface area contributed by atoms with Crippen LogP contribution in [0.25, 0.3) is 16.4 Å². The summed E-state index contributed by atoms with van der Waals surface area (Å²) in [4.78, 5) is 17.6. The number of carbonyl (C=O) groups is 1. The third kappa shape index (κ3) is 6.23. The lowest BCUT2D eigenvalue weighted by molar-refractivity contribution is 0.0691. The average molecular weight is 647 g/mol. The van der Waals surface area contributed by atoms with Crippen LogP contribution in [0.4, 0.5) is 4.39 Å². The smallest absolute Gasteiger partial charge is 0.355 e. The van der Waals surface area contributed by atoms with Gasteiger partial charge in [0.2, 0.25) is 15.2 Å². The van der Waals surface area contributed by atoms with Gasteiger partial charge in [-0.1, -0.05) is 37.0 Å². The van der Waals surface area contributed by atoms with Gasteiger partial charge in [0.25, 0.3) is 0 Å². The zero-order valence-corrected chi connectivity index (χ0v) is 26.2. The normalized spacial score (nSPS) is 13.8. The van der Waals surface area contributed by atoms with E-state index >= 15 is 0 Å². The summed E-state index contributed by atoms with van der Waals surface area (Å²) >= 11 is 2.80. The Morgan fingerprint density at radius 1 is 1.18 bits per heavy atom. The second-order valence-corrected chi connectivity index (χ2v) is 14.5. The number of aromatic carboxylic acids is 1. The van der Waals surface area contributed by atoms with Crippen LogP contribution in [0.5, 0.6) is 0 Å². The number of aromatic nitrogens is 3. The van der Waals surface area contributed by atoms with E-state index < -0.39 is 26.7 Å². The van der Waals surface area contributed by atoms with E-state index in [1.807, 2.05) is 43.3 Å². The minimum absolute atomic E-state index is 0.0435. The predicted octanol–water partition coefficient (Wildman–Crippen LogP) is 6.35. The summed E-state index contributed by atoms with van der Waals surface area (Å²) in [6, 6.07) is 15.6. The van der Waals surface area contributed by atoms with Gasteiger partial charge >= 0.3 is 5.97 Å². The second-order valence-electron chi connectivity index (χ2n) is 10.8. The second kappa shape index (κ2) is 11.7. The Balaban J connectivity index is 1.52. The fourth-order valence-electron chi connectivity index (χ4n) is 5.23. The maximum atomic E-state index is 14.9. The monoisotopic (exact) mass is 646 g/mol. The molecule has 1 aliphatic rings. The summed E-state index contributed by atoms with van der Waals surface area (Å²) in [5.41, 5.74) is 4.34. The molecule has 3 N–H and O–H groups in total. The van der Waals surface area contributed by atoms with E-state index in [4.69, 9.17) is 10.2 Å². The molecule has 44 heavy (non-hydrogen) atoms. The van der Waals surface area contributed by atoms with Gasteiger partial charge in [0.05, 0.1) is 16.3 Å². The average Bonchev–Trinajstić information content (AvgIpc) is 3.37. The molecule has 12 heteroatoms. The van der Waals surface area contributed by atoms with Crippen molar-refractivity contribution in [2.24, 2.45) is 11.1 Å². The summed E-state index contributed by atoms with van der Waals surface area (Å²) in [5, 5.41) is 21.6. The molecule has 224 valence electrons. The van der Waals surface area contributed by atoms with Crippen molar-refractivity contribution < 1.29 is 22.7 Å². The summed E-state index contributed by atoms with van der Waals surface area (Å²) in [6.45, 7) is 4.14. The quantitative estimate of drug-likeness (QED) is 0.189. The fourth-order valence-corrected chi connectivity index (χ4v) is 7.30. The van der Waals surface area contributed by atoms with E-state index in [-0.39, 0.29) is 18.0 Å². The first kappa shape index (κ1) is 29.9. The first-order valence-electron chi connectivity index (χ1n) is 13.8. The maximum absolute atomic E-state index is 14.9. The van der Waals surface area contributed by atoms with Crippen molar-refractivity contribution in [1.82, 2.24) is 14.8 Å². The number of primary sulfonamides is 1. The van der Waals surface area contributed by atoms with Crippen LogP contribution in [0.1, 0.15) is 68.3 Å². The molecule has 0 spiro atoms. The molecule has 2 aromatic carbocycles. The molecule has 8 nitrogen and oxygen atoms in total. The van der Waals surface area contributed by atoms with Gasteiger partial charge in [-0.15, -0.1) is 22.7 Å². The molecule has 5 aromatic rings.